The fraction of sp³-hybridized carbons (Fsp3) is 0.444. The molecule has 108 valence electrons. The van der Waals surface area contributed by atoms with Crippen LogP contribution in [0.15, 0.2) is 48.7 Å². The van der Waals surface area contributed by atoms with E-state index in [1.807, 2.05) is 0 Å². The molecule has 1 aliphatic heterocycles. The molecule has 0 N–H and O–H groups in total. The Balaban J connectivity index is 2.24. The summed E-state index contributed by atoms with van der Waals surface area (Å²) in [7, 11) is 2.19. The van der Waals surface area contributed by atoms with Crippen molar-refractivity contribution in [2.45, 2.75) is 13.8 Å². The number of hydrogen-bond acceptors (Lipinski definition) is 2. The van der Waals surface area contributed by atoms with Gasteiger partial charge in [-0.1, -0.05) is 43.0 Å². The minimum Gasteiger partial charge on any atom is -0.375 e. The lowest BCUT2D eigenvalue weighted by Crippen LogP contribution is -2.36. The third-order valence-corrected chi connectivity index (χ3v) is 4.09. The van der Waals surface area contributed by atoms with Gasteiger partial charge < -0.3 is 9.80 Å². The molecule has 2 rings (SSSR count). The molecule has 0 aromatic heterocycles. The molecule has 0 spiro atoms. The minimum absolute atomic E-state index is 0.420. The zero-order valence-corrected chi connectivity index (χ0v) is 13.0. The van der Waals surface area contributed by atoms with Crippen LogP contribution < -0.4 is 0 Å². The van der Waals surface area contributed by atoms with E-state index < -0.39 is 0 Å². The Morgan fingerprint density at radius 1 is 1.25 bits per heavy atom. The Morgan fingerprint density at radius 2 is 1.90 bits per heavy atom. The molecule has 1 heterocycles. The van der Waals surface area contributed by atoms with Crippen molar-refractivity contribution in [1.82, 2.24) is 9.80 Å². The molecular formula is C18H26N2. The molecule has 1 aliphatic rings. The first-order valence-electron chi connectivity index (χ1n) is 7.54. The van der Waals surface area contributed by atoms with Gasteiger partial charge in [-0.2, -0.15) is 0 Å². The molecule has 0 saturated carbocycles. The van der Waals surface area contributed by atoms with Crippen LogP contribution in [0.3, 0.4) is 0 Å². The van der Waals surface area contributed by atoms with Gasteiger partial charge in [0.2, 0.25) is 0 Å². The first kappa shape index (κ1) is 14.9. The van der Waals surface area contributed by atoms with Crippen molar-refractivity contribution in [1.29, 1.82) is 0 Å². The Hall–Kier alpha value is -1.54. The molecule has 1 atom stereocenters. The Morgan fingerprint density at radius 3 is 2.50 bits per heavy atom. The van der Waals surface area contributed by atoms with E-state index in [0.29, 0.717) is 5.92 Å². The first-order chi connectivity index (χ1) is 9.65. The third-order valence-electron chi connectivity index (χ3n) is 4.09. The second-order valence-electron chi connectivity index (χ2n) is 5.52. The Labute approximate surface area is 123 Å². The number of likely N-dealkylation sites (N-methyl/N-ethyl adjacent to an activating group) is 1. The summed E-state index contributed by atoms with van der Waals surface area (Å²) in [6, 6.07) is 10.7. The van der Waals surface area contributed by atoms with Gasteiger partial charge in [-0.25, -0.2) is 0 Å². The average Bonchev–Trinajstić information content (AvgIpc) is 2.48. The lowest BCUT2D eigenvalue weighted by Gasteiger charge is -2.35. The summed E-state index contributed by atoms with van der Waals surface area (Å²) in [5.74, 6) is 0.420. The van der Waals surface area contributed by atoms with E-state index in [2.05, 4.69) is 73.7 Å². The lowest BCUT2D eigenvalue weighted by molar-refractivity contribution is 0.285. The van der Waals surface area contributed by atoms with Crippen molar-refractivity contribution in [2.75, 3.05) is 33.2 Å². The zero-order chi connectivity index (χ0) is 14.5. The van der Waals surface area contributed by atoms with Crippen LogP contribution in [0, 0.1) is 5.92 Å². The van der Waals surface area contributed by atoms with E-state index in [-0.39, 0.29) is 0 Å². The highest BCUT2D eigenvalue weighted by molar-refractivity contribution is 5.68. The second-order valence-corrected chi connectivity index (χ2v) is 5.52. The molecule has 2 heteroatoms. The normalized spacial score (nSPS) is 19.6. The Bertz CT molecular complexity index is 471. The third kappa shape index (κ3) is 3.31. The summed E-state index contributed by atoms with van der Waals surface area (Å²) in [6.45, 7) is 12.9. The molecule has 0 radical (unpaired) electrons. The summed E-state index contributed by atoms with van der Waals surface area (Å²) in [5, 5.41) is 0. The van der Waals surface area contributed by atoms with Gasteiger partial charge in [-0.15, -0.1) is 0 Å². The van der Waals surface area contributed by atoms with Crippen LogP contribution in [0.5, 0.6) is 0 Å². The smallest absolute Gasteiger partial charge is 0.0296 e. The lowest BCUT2D eigenvalue weighted by atomic mass is 9.93. The van der Waals surface area contributed by atoms with Gasteiger partial charge in [0.1, 0.15) is 0 Å². The molecule has 0 aliphatic carbocycles. The van der Waals surface area contributed by atoms with Gasteiger partial charge in [0, 0.05) is 37.8 Å². The van der Waals surface area contributed by atoms with Crippen molar-refractivity contribution in [2.24, 2.45) is 5.92 Å². The molecule has 1 aromatic rings. The van der Waals surface area contributed by atoms with Gasteiger partial charge in [0.15, 0.2) is 0 Å². The number of hydrogen-bond donors (Lipinski definition) is 0. The van der Waals surface area contributed by atoms with Gasteiger partial charge in [0.05, 0.1) is 0 Å². The van der Waals surface area contributed by atoms with Crippen molar-refractivity contribution in [3.05, 3.63) is 54.2 Å². The molecule has 0 saturated heterocycles. The van der Waals surface area contributed by atoms with Crippen LogP contribution in [0.4, 0.5) is 0 Å². The molecule has 0 fully saturated rings. The molecule has 2 nitrogen and oxygen atoms in total. The molecule has 0 unspecified atom stereocenters. The van der Waals surface area contributed by atoms with Crippen molar-refractivity contribution in [3.8, 4) is 0 Å². The molecule has 1 aromatic carbocycles. The number of nitrogens with zero attached hydrogens (tertiary/aromatic N) is 2. The second kappa shape index (κ2) is 6.76. The predicted octanol–water partition coefficient (Wildman–Crippen LogP) is 3.49. The van der Waals surface area contributed by atoms with E-state index in [1.54, 1.807) is 0 Å². The minimum atomic E-state index is 0.420. The van der Waals surface area contributed by atoms with Crippen molar-refractivity contribution in [3.63, 3.8) is 0 Å². The van der Waals surface area contributed by atoms with Gasteiger partial charge >= 0.3 is 0 Å². The van der Waals surface area contributed by atoms with Crippen LogP contribution in [-0.2, 0) is 0 Å². The topological polar surface area (TPSA) is 6.48 Å². The van der Waals surface area contributed by atoms with E-state index in [1.165, 1.54) is 16.8 Å². The highest BCUT2D eigenvalue weighted by atomic mass is 15.2. The maximum atomic E-state index is 4.34. The Kier molecular flexibility index (Phi) is 5.02. The highest BCUT2D eigenvalue weighted by Gasteiger charge is 2.22. The van der Waals surface area contributed by atoms with Crippen molar-refractivity contribution >= 4 is 5.57 Å². The van der Waals surface area contributed by atoms with E-state index in [9.17, 15) is 0 Å². The summed E-state index contributed by atoms with van der Waals surface area (Å²) in [4.78, 5) is 4.75. The quantitative estimate of drug-likeness (QED) is 0.808. The maximum Gasteiger partial charge on any atom is 0.0296 e. The highest BCUT2D eigenvalue weighted by Crippen LogP contribution is 2.27. The summed E-state index contributed by atoms with van der Waals surface area (Å²) in [5.41, 5.74) is 3.99. The molecule has 0 amide bonds. The summed E-state index contributed by atoms with van der Waals surface area (Å²) in [6.07, 6.45) is 2.41. The largest absolute Gasteiger partial charge is 0.375 e. The number of rotatable bonds is 5. The van der Waals surface area contributed by atoms with Crippen LogP contribution >= 0.6 is 0 Å². The van der Waals surface area contributed by atoms with Crippen LogP contribution in [0.1, 0.15) is 19.4 Å². The monoisotopic (exact) mass is 270 g/mol. The van der Waals surface area contributed by atoms with E-state index in [4.69, 9.17) is 0 Å². The summed E-state index contributed by atoms with van der Waals surface area (Å²) >= 11 is 0. The molecular weight excluding hydrogens is 244 g/mol. The zero-order valence-electron chi connectivity index (χ0n) is 13.0. The fourth-order valence-corrected chi connectivity index (χ4v) is 2.94. The SMILES string of the molecule is C=C([C@@H]1C=C(c2ccccc2)CN(C)C1)N(CC)CC. The maximum absolute atomic E-state index is 4.34. The van der Waals surface area contributed by atoms with E-state index in [0.717, 1.165) is 26.2 Å². The van der Waals surface area contributed by atoms with Gasteiger partial charge in [-0.05, 0) is 32.0 Å². The molecule has 0 bridgehead atoms. The van der Waals surface area contributed by atoms with Crippen molar-refractivity contribution < 1.29 is 0 Å². The van der Waals surface area contributed by atoms with Crippen LogP contribution in [0.2, 0.25) is 0 Å². The van der Waals surface area contributed by atoms with E-state index >= 15 is 0 Å². The predicted molar refractivity (Wildman–Crippen MR) is 87.5 cm³/mol. The average molecular weight is 270 g/mol. The first-order valence-corrected chi connectivity index (χ1v) is 7.54. The van der Waals surface area contributed by atoms with Crippen LogP contribution in [-0.4, -0.2) is 43.0 Å². The van der Waals surface area contributed by atoms with Crippen LogP contribution in [0.25, 0.3) is 5.57 Å². The fourth-order valence-electron chi connectivity index (χ4n) is 2.94. The standard InChI is InChI=1S/C18H26N2/c1-5-20(6-2)15(3)17-12-18(14-19(4)13-17)16-10-8-7-9-11-16/h7-12,17H,3,5-6,13-14H2,1-2,4H3/t17-/m1/s1. The molecule has 20 heavy (non-hydrogen) atoms. The van der Waals surface area contributed by atoms with Gasteiger partial charge in [-0.3, -0.25) is 0 Å². The number of benzene rings is 1. The summed E-state index contributed by atoms with van der Waals surface area (Å²) < 4.78 is 0. The van der Waals surface area contributed by atoms with Gasteiger partial charge in [0.25, 0.3) is 0 Å².